The van der Waals surface area contributed by atoms with Crippen LogP contribution in [0, 0.1) is 11.8 Å². The summed E-state index contributed by atoms with van der Waals surface area (Å²) >= 11 is 0. The van der Waals surface area contributed by atoms with E-state index in [2.05, 4.69) is 23.1 Å². The Labute approximate surface area is 176 Å². The van der Waals surface area contributed by atoms with Gasteiger partial charge < -0.3 is 9.64 Å². The lowest BCUT2D eigenvalue weighted by Gasteiger charge is -2.35. The second kappa shape index (κ2) is 8.02. The van der Waals surface area contributed by atoms with Crippen molar-refractivity contribution in [2.24, 2.45) is 11.8 Å². The molecule has 7 nitrogen and oxygen atoms in total. The maximum Gasteiger partial charge on any atom is 0.242 e. The highest BCUT2D eigenvalue weighted by Crippen LogP contribution is 2.38. The van der Waals surface area contributed by atoms with Crippen LogP contribution >= 0.6 is 0 Å². The number of nitrogens with zero attached hydrogens (tertiary/aromatic N) is 3. The molecule has 1 aromatic rings. The van der Waals surface area contributed by atoms with E-state index >= 15 is 0 Å². The van der Waals surface area contributed by atoms with Gasteiger partial charge in [0.25, 0.3) is 0 Å². The Balaban J connectivity index is 1.13. The molecule has 160 valence electrons. The predicted octanol–water partition coefficient (Wildman–Crippen LogP) is 1.44. The van der Waals surface area contributed by atoms with Crippen molar-refractivity contribution in [1.82, 2.24) is 14.7 Å². The van der Waals surface area contributed by atoms with Crippen LogP contribution in [-0.4, -0.2) is 71.8 Å². The van der Waals surface area contributed by atoms with Crippen molar-refractivity contribution in [3.8, 4) is 5.75 Å². The van der Waals surface area contributed by atoms with E-state index in [1.807, 2.05) is 0 Å². The molecule has 1 saturated carbocycles. The molecule has 3 amide bonds. The number of imide groups is 1. The highest BCUT2D eigenvalue weighted by Gasteiger charge is 2.48. The summed E-state index contributed by atoms with van der Waals surface area (Å²) in [6.45, 7) is 4.41. The van der Waals surface area contributed by atoms with Crippen molar-refractivity contribution in [1.29, 1.82) is 0 Å². The van der Waals surface area contributed by atoms with Crippen molar-refractivity contribution in [2.45, 2.75) is 38.6 Å². The third-order valence-electron chi connectivity index (χ3n) is 7.11. The highest BCUT2D eigenvalue weighted by atomic mass is 16.5. The van der Waals surface area contributed by atoms with Gasteiger partial charge in [-0.2, -0.15) is 0 Å². The van der Waals surface area contributed by atoms with Gasteiger partial charge in [-0.3, -0.25) is 24.2 Å². The van der Waals surface area contributed by atoms with Crippen molar-refractivity contribution in [2.75, 3.05) is 39.3 Å². The van der Waals surface area contributed by atoms with Crippen molar-refractivity contribution in [3.63, 3.8) is 0 Å². The fraction of sp³-hybridized carbons (Fsp3) is 0.609. The number of hydrogen-bond acceptors (Lipinski definition) is 5. The molecule has 2 atom stereocenters. The number of likely N-dealkylation sites (tertiary alicyclic amines) is 1. The smallest absolute Gasteiger partial charge is 0.242 e. The molecule has 0 N–H and O–H groups in total. The van der Waals surface area contributed by atoms with Gasteiger partial charge >= 0.3 is 0 Å². The van der Waals surface area contributed by atoms with Gasteiger partial charge in [-0.15, -0.1) is 0 Å². The van der Waals surface area contributed by atoms with Crippen LogP contribution in [-0.2, 0) is 27.3 Å². The van der Waals surface area contributed by atoms with Crippen molar-refractivity contribution >= 4 is 17.7 Å². The van der Waals surface area contributed by atoms with E-state index in [4.69, 9.17) is 4.74 Å². The number of rotatable bonds is 4. The molecule has 5 rings (SSSR count). The van der Waals surface area contributed by atoms with Gasteiger partial charge in [-0.05, 0) is 30.0 Å². The zero-order valence-corrected chi connectivity index (χ0v) is 17.3. The Morgan fingerprint density at radius 1 is 1.00 bits per heavy atom. The summed E-state index contributed by atoms with van der Waals surface area (Å²) in [6.07, 6.45) is 4.55. The average molecular weight is 412 g/mol. The number of hydrogen-bond donors (Lipinski definition) is 0. The average Bonchev–Trinajstić information content (AvgIpc) is 3.33. The van der Waals surface area contributed by atoms with Crippen LogP contribution in [0.4, 0.5) is 0 Å². The molecule has 0 radical (unpaired) electrons. The van der Waals surface area contributed by atoms with Crippen molar-refractivity contribution < 1.29 is 19.1 Å². The maximum atomic E-state index is 12.8. The van der Waals surface area contributed by atoms with Gasteiger partial charge in [-0.25, -0.2) is 0 Å². The molecule has 3 aliphatic heterocycles. The number of carbonyl (C=O) groups excluding carboxylic acids is 3. The first kappa shape index (κ1) is 19.5. The third-order valence-corrected chi connectivity index (χ3v) is 7.11. The van der Waals surface area contributed by atoms with Crippen LogP contribution in [0.2, 0.25) is 0 Å². The molecule has 4 aliphatic rings. The summed E-state index contributed by atoms with van der Waals surface area (Å²) in [5.41, 5.74) is 2.55. The lowest BCUT2D eigenvalue weighted by Crippen LogP contribution is -2.51. The Hall–Kier alpha value is -2.41. The summed E-state index contributed by atoms with van der Waals surface area (Å²) in [5, 5.41) is 0. The van der Waals surface area contributed by atoms with Gasteiger partial charge in [0.05, 0.1) is 18.4 Å². The molecule has 1 aliphatic carbocycles. The van der Waals surface area contributed by atoms with Gasteiger partial charge in [-0.1, -0.05) is 25.0 Å². The Morgan fingerprint density at radius 2 is 1.70 bits per heavy atom. The summed E-state index contributed by atoms with van der Waals surface area (Å²) in [5.74, 6) is 0.265. The minimum absolute atomic E-state index is 0.0878. The van der Waals surface area contributed by atoms with E-state index in [-0.39, 0.29) is 36.1 Å². The Bertz CT molecular complexity index is 838. The number of ether oxygens (including phenoxy) is 1. The van der Waals surface area contributed by atoms with Crippen LogP contribution in [0.1, 0.15) is 36.8 Å². The molecule has 7 heteroatoms. The molecule has 3 fully saturated rings. The van der Waals surface area contributed by atoms with Crippen LogP contribution in [0.5, 0.6) is 5.75 Å². The first-order chi connectivity index (χ1) is 14.6. The first-order valence-corrected chi connectivity index (χ1v) is 11.2. The second-order valence-corrected chi connectivity index (χ2v) is 8.96. The van der Waals surface area contributed by atoms with E-state index in [1.54, 1.807) is 4.90 Å². The van der Waals surface area contributed by atoms with E-state index < -0.39 is 0 Å². The predicted molar refractivity (Wildman–Crippen MR) is 110 cm³/mol. The minimum Gasteiger partial charge on any atom is -0.493 e. The first-order valence-electron chi connectivity index (χ1n) is 11.2. The number of amides is 3. The maximum absolute atomic E-state index is 12.8. The third kappa shape index (κ3) is 3.60. The van der Waals surface area contributed by atoms with E-state index in [1.165, 1.54) is 16.0 Å². The Morgan fingerprint density at radius 3 is 2.40 bits per heavy atom. The highest BCUT2D eigenvalue weighted by molar-refractivity contribution is 6.07. The lowest BCUT2D eigenvalue weighted by atomic mass is 9.81. The molecule has 0 aromatic heterocycles. The number of carbonyl (C=O) groups is 3. The molecule has 0 spiro atoms. The van der Waals surface area contributed by atoms with Crippen molar-refractivity contribution in [3.05, 3.63) is 29.3 Å². The zero-order chi connectivity index (χ0) is 20.7. The van der Waals surface area contributed by atoms with Gasteiger partial charge in [0.1, 0.15) is 12.3 Å². The summed E-state index contributed by atoms with van der Waals surface area (Å²) in [4.78, 5) is 43.4. The summed E-state index contributed by atoms with van der Waals surface area (Å²) < 4.78 is 5.57. The monoisotopic (exact) mass is 411 g/mol. The normalized spacial score (nSPS) is 26.5. The molecule has 1 aromatic carbocycles. The van der Waals surface area contributed by atoms with E-state index in [0.29, 0.717) is 13.1 Å². The zero-order valence-electron chi connectivity index (χ0n) is 17.3. The quantitative estimate of drug-likeness (QED) is 0.702. The molecule has 2 saturated heterocycles. The number of benzene rings is 1. The molecular formula is C23H29N3O4. The van der Waals surface area contributed by atoms with E-state index in [0.717, 1.165) is 64.1 Å². The minimum atomic E-state index is -0.186. The van der Waals surface area contributed by atoms with Gasteiger partial charge in [0.15, 0.2) is 0 Å². The fourth-order valence-electron chi connectivity index (χ4n) is 5.37. The Kier molecular flexibility index (Phi) is 5.23. The van der Waals surface area contributed by atoms with E-state index in [9.17, 15) is 14.4 Å². The standard InChI is InChI=1S/C23H29N3O4/c27-21(15-26-22(28)18-3-1-2-4-19(18)23(26)29)25-10-8-24(9-11-25)14-16-5-6-20-17(13-16)7-12-30-20/h5-6,13,18-19H,1-4,7-12,14-15H2/t18-,19+. The number of piperazine rings is 1. The fourth-order valence-corrected chi connectivity index (χ4v) is 5.37. The molecular weight excluding hydrogens is 382 g/mol. The van der Waals surface area contributed by atoms with Crippen LogP contribution < -0.4 is 4.74 Å². The molecule has 0 unspecified atom stereocenters. The topological polar surface area (TPSA) is 70.2 Å². The lowest BCUT2D eigenvalue weighted by molar-refractivity contribution is -0.147. The molecule has 30 heavy (non-hydrogen) atoms. The van der Waals surface area contributed by atoms with Gasteiger partial charge in [0, 0.05) is 39.1 Å². The SMILES string of the molecule is O=C(CN1C(=O)[C@H]2CCCC[C@H]2C1=O)N1CCN(Cc2ccc3c(c2)CCO3)CC1. The number of fused-ring (bicyclic) bond motifs is 2. The van der Waals surface area contributed by atoms with Crippen LogP contribution in [0.15, 0.2) is 18.2 Å². The summed E-state index contributed by atoms with van der Waals surface area (Å²) in [7, 11) is 0. The largest absolute Gasteiger partial charge is 0.493 e. The van der Waals surface area contributed by atoms with Gasteiger partial charge in [0.2, 0.25) is 17.7 Å². The van der Waals surface area contributed by atoms with Crippen LogP contribution in [0.3, 0.4) is 0 Å². The molecule has 0 bridgehead atoms. The second-order valence-electron chi connectivity index (χ2n) is 8.96. The molecule has 3 heterocycles. The summed E-state index contributed by atoms with van der Waals surface area (Å²) in [6, 6.07) is 6.40. The van der Waals surface area contributed by atoms with Crippen LogP contribution in [0.25, 0.3) is 0 Å².